The van der Waals surface area contributed by atoms with Crippen molar-refractivity contribution in [3.05, 3.63) is 12.7 Å². The van der Waals surface area contributed by atoms with Crippen molar-refractivity contribution in [2.45, 2.75) is 33.6 Å². The molecule has 0 aromatic heterocycles. The second kappa shape index (κ2) is 6.75. The van der Waals surface area contributed by atoms with E-state index in [-0.39, 0.29) is 5.97 Å². The molecule has 0 spiro atoms. The van der Waals surface area contributed by atoms with E-state index in [0.29, 0.717) is 24.4 Å². The van der Waals surface area contributed by atoms with Gasteiger partial charge in [-0.1, -0.05) is 27.4 Å². The van der Waals surface area contributed by atoms with Crippen molar-refractivity contribution >= 4 is 5.97 Å². The maximum Gasteiger partial charge on any atom is 0.330 e. The number of carbonyl (C=O) groups is 1. The van der Waals surface area contributed by atoms with E-state index in [4.69, 9.17) is 9.47 Å². The Labute approximate surface area is 122 Å². The lowest BCUT2D eigenvalue weighted by Gasteiger charge is -2.38. The van der Waals surface area contributed by atoms with Gasteiger partial charge in [0, 0.05) is 18.6 Å². The van der Waals surface area contributed by atoms with Gasteiger partial charge in [-0.25, -0.2) is 4.79 Å². The Morgan fingerprint density at radius 1 is 1.20 bits per heavy atom. The molecule has 0 saturated heterocycles. The highest BCUT2D eigenvalue weighted by molar-refractivity contribution is 5.81. The van der Waals surface area contributed by atoms with Gasteiger partial charge in [-0.15, -0.1) is 0 Å². The molecule has 2 aliphatic carbocycles. The first-order valence-electron chi connectivity index (χ1n) is 7.97. The van der Waals surface area contributed by atoms with Crippen LogP contribution in [0.2, 0.25) is 0 Å². The van der Waals surface area contributed by atoms with Crippen LogP contribution in [-0.2, 0) is 14.3 Å². The minimum Gasteiger partial charge on any atom is -0.462 e. The second-order valence-electron chi connectivity index (χ2n) is 6.52. The summed E-state index contributed by atoms with van der Waals surface area (Å²) >= 11 is 0. The normalized spacial score (nSPS) is 39.0. The van der Waals surface area contributed by atoms with Crippen molar-refractivity contribution in [1.29, 1.82) is 0 Å². The highest BCUT2D eigenvalue weighted by Gasteiger charge is 2.54. The van der Waals surface area contributed by atoms with Gasteiger partial charge >= 0.3 is 5.97 Å². The molecule has 20 heavy (non-hydrogen) atoms. The highest BCUT2D eigenvalue weighted by atomic mass is 16.5. The third kappa shape index (κ3) is 2.93. The average Bonchev–Trinajstić information content (AvgIpc) is 2.94. The number of ether oxygens (including phenoxy) is 2. The molecule has 2 saturated carbocycles. The predicted molar refractivity (Wildman–Crippen MR) is 79.2 cm³/mol. The second-order valence-corrected chi connectivity index (χ2v) is 6.52. The van der Waals surface area contributed by atoms with E-state index in [1.807, 2.05) is 0 Å². The van der Waals surface area contributed by atoms with Crippen LogP contribution in [0.3, 0.4) is 0 Å². The third-order valence-electron chi connectivity index (χ3n) is 5.62. The van der Waals surface area contributed by atoms with Crippen molar-refractivity contribution in [2.24, 2.45) is 35.5 Å². The van der Waals surface area contributed by atoms with Crippen LogP contribution in [0.5, 0.6) is 0 Å². The average molecular weight is 280 g/mol. The first kappa shape index (κ1) is 15.6. The fraction of sp³-hybridized carbons (Fsp3) is 0.824. The summed E-state index contributed by atoms with van der Waals surface area (Å²) in [5.74, 6) is 3.63. The SMILES string of the molecule is C=CC(=O)OC[C@H]1C2CC(C(C)C2C)[C@H]1COCCC. The first-order valence-corrected chi connectivity index (χ1v) is 7.97. The molecular formula is C17H28O3. The molecule has 6 atom stereocenters. The molecule has 0 N–H and O–H groups in total. The van der Waals surface area contributed by atoms with Crippen LogP contribution < -0.4 is 0 Å². The zero-order valence-corrected chi connectivity index (χ0v) is 13.0. The smallest absolute Gasteiger partial charge is 0.330 e. The van der Waals surface area contributed by atoms with E-state index < -0.39 is 0 Å². The molecule has 0 amide bonds. The van der Waals surface area contributed by atoms with Crippen LogP contribution >= 0.6 is 0 Å². The zero-order chi connectivity index (χ0) is 14.7. The van der Waals surface area contributed by atoms with Crippen LogP contribution in [0.1, 0.15) is 33.6 Å². The number of rotatable bonds is 7. The molecule has 0 heterocycles. The fourth-order valence-electron chi connectivity index (χ4n) is 4.38. The van der Waals surface area contributed by atoms with E-state index in [2.05, 4.69) is 27.4 Å². The molecule has 2 aliphatic rings. The lowest BCUT2D eigenvalue weighted by atomic mass is 9.70. The molecule has 0 radical (unpaired) electrons. The van der Waals surface area contributed by atoms with Gasteiger partial charge in [0.25, 0.3) is 0 Å². The number of hydrogen-bond donors (Lipinski definition) is 0. The Morgan fingerprint density at radius 2 is 1.80 bits per heavy atom. The monoisotopic (exact) mass is 280 g/mol. The van der Waals surface area contributed by atoms with E-state index in [9.17, 15) is 4.79 Å². The van der Waals surface area contributed by atoms with Crippen LogP contribution in [0, 0.1) is 35.5 Å². The van der Waals surface area contributed by atoms with Crippen molar-refractivity contribution < 1.29 is 14.3 Å². The van der Waals surface area contributed by atoms with Gasteiger partial charge in [-0.2, -0.15) is 0 Å². The molecule has 4 unspecified atom stereocenters. The quantitative estimate of drug-likeness (QED) is 0.408. The fourth-order valence-corrected chi connectivity index (χ4v) is 4.38. The van der Waals surface area contributed by atoms with Crippen LogP contribution in [-0.4, -0.2) is 25.8 Å². The van der Waals surface area contributed by atoms with Gasteiger partial charge in [0.1, 0.15) is 0 Å². The highest BCUT2D eigenvalue weighted by Crippen LogP contribution is 2.58. The van der Waals surface area contributed by atoms with E-state index in [1.165, 1.54) is 12.5 Å². The minimum atomic E-state index is -0.304. The summed E-state index contributed by atoms with van der Waals surface area (Å²) in [5.41, 5.74) is 0. The van der Waals surface area contributed by atoms with Crippen LogP contribution in [0.15, 0.2) is 12.7 Å². The Bertz CT molecular complexity index is 352. The summed E-state index contributed by atoms with van der Waals surface area (Å²) in [6, 6.07) is 0. The molecular weight excluding hydrogens is 252 g/mol. The number of hydrogen-bond acceptors (Lipinski definition) is 3. The molecule has 2 rings (SSSR count). The molecule has 0 aromatic rings. The molecule has 3 heteroatoms. The molecule has 114 valence electrons. The summed E-state index contributed by atoms with van der Waals surface area (Å²) in [5, 5.41) is 0. The molecule has 0 aliphatic heterocycles. The van der Waals surface area contributed by atoms with Crippen molar-refractivity contribution in [3.63, 3.8) is 0 Å². The minimum absolute atomic E-state index is 0.304. The van der Waals surface area contributed by atoms with Gasteiger partial charge in [0.15, 0.2) is 0 Å². The predicted octanol–water partition coefficient (Wildman–Crippen LogP) is 3.30. The van der Waals surface area contributed by atoms with E-state index >= 15 is 0 Å². The van der Waals surface area contributed by atoms with Crippen LogP contribution in [0.4, 0.5) is 0 Å². The van der Waals surface area contributed by atoms with Gasteiger partial charge in [-0.3, -0.25) is 0 Å². The molecule has 2 bridgehead atoms. The summed E-state index contributed by atoms with van der Waals surface area (Å²) in [7, 11) is 0. The van der Waals surface area contributed by atoms with Gasteiger partial charge in [0.2, 0.25) is 0 Å². The summed E-state index contributed by atoms with van der Waals surface area (Å²) in [6.45, 7) is 12.5. The maximum absolute atomic E-state index is 11.3. The number of esters is 1. The number of fused-ring (bicyclic) bond motifs is 2. The lowest BCUT2D eigenvalue weighted by molar-refractivity contribution is -0.141. The molecule has 0 aromatic carbocycles. The Kier molecular flexibility index (Phi) is 5.25. The summed E-state index contributed by atoms with van der Waals surface area (Å²) < 4.78 is 11.1. The summed E-state index contributed by atoms with van der Waals surface area (Å²) in [4.78, 5) is 11.3. The van der Waals surface area contributed by atoms with Crippen molar-refractivity contribution in [3.8, 4) is 0 Å². The van der Waals surface area contributed by atoms with E-state index in [1.54, 1.807) is 0 Å². The van der Waals surface area contributed by atoms with E-state index in [0.717, 1.165) is 37.4 Å². The Morgan fingerprint density at radius 3 is 2.35 bits per heavy atom. The third-order valence-corrected chi connectivity index (χ3v) is 5.62. The van der Waals surface area contributed by atoms with Gasteiger partial charge in [0.05, 0.1) is 13.2 Å². The van der Waals surface area contributed by atoms with Crippen molar-refractivity contribution in [1.82, 2.24) is 0 Å². The first-order chi connectivity index (χ1) is 9.60. The van der Waals surface area contributed by atoms with Crippen molar-refractivity contribution in [2.75, 3.05) is 19.8 Å². The largest absolute Gasteiger partial charge is 0.462 e. The topological polar surface area (TPSA) is 35.5 Å². The maximum atomic E-state index is 11.3. The summed E-state index contributed by atoms with van der Waals surface area (Å²) in [6.07, 6.45) is 3.59. The van der Waals surface area contributed by atoms with Gasteiger partial charge < -0.3 is 9.47 Å². The van der Waals surface area contributed by atoms with Crippen LogP contribution in [0.25, 0.3) is 0 Å². The Hall–Kier alpha value is -0.830. The molecule has 3 nitrogen and oxygen atoms in total. The zero-order valence-electron chi connectivity index (χ0n) is 13.0. The standard InChI is InChI=1S/C17H28O3/c1-5-7-19-9-15-13-8-14(12(4)11(13)3)16(15)10-20-17(18)6-2/h6,11-16H,2,5,7-10H2,1,3-4H3/t11?,12?,13?,14?,15-,16+/m1/s1. The number of carbonyl (C=O) groups excluding carboxylic acids is 1. The Balaban J connectivity index is 1.98. The lowest BCUT2D eigenvalue weighted by Crippen LogP contribution is -2.37. The molecule has 2 fully saturated rings. The van der Waals surface area contributed by atoms with Gasteiger partial charge in [-0.05, 0) is 42.4 Å².